The van der Waals surface area contributed by atoms with Crippen molar-refractivity contribution in [2.75, 3.05) is 5.75 Å². The maximum Gasteiger partial charge on any atom is 0.265 e. The third-order valence-corrected chi connectivity index (χ3v) is 2.25. The van der Waals surface area contributed by atoms with Crippen LogP contribution in [0.4, 0.5) is 0 Å². The number of allylic oxidation sites excluding steroid dienone is 4. The summed E-state index contributed by atoms with van der Waals surface area (Å²) in [5, 5.41) is 0. The molecule has 11 heavy (non-hydrogen) atoms. The average Bonchev–Trinajstić information content (AvgIpc) is 2.32. The summed E-state index contributed by atoms with van der Waals surface area (Å²) in [6.07, 6.45) is 6.98. The minimum Gasteiger partial charge on any atom is -0.286 e. The van der Waals surface area contributed by atoms with E-state index in [0.29, 0.717) is 6.42 Å². The van der Waals surface area contributed by atoms with Crippen LogP contribution in [0.5, 0.6) is 0 Å². The molecule has 0 aromatic heterocycles. The zero-order chi connectivity index (χ0) is 8.32. The minimum absolute atomic E-state index is 0.166. The first-order valence-electron chi connectivity index (χ1n) is 3.38. The Balaban J connectivity index is 2.35. The Hall–Kier alpha value is -0.610. The Morgan fingerprint density at radius 1 is 1.55 bits per heavy atom. The van der Waals surface area contributed by atoms with E-state index < -0.39 is 10.1 Å². The first kappa shape index (κ1) is 8.49. The van der Waals surface area contributed by atoms with Crippen LogP contribution in [0.3, 0.4) is 0 Å². The van der Waals surface area contributed by atoms with Crippen molar-refractivity contribution in [3.63, 3.8) is 0 Å². The van der Waals surface area contributed by atoms with Crippen LogP contribution in [0, 0.1) is 0 Å². The van der Waals surface area contributed by atoms with Crippen molar-refractivity contribution in [2.45, 2.75) is 12.8 Å². The van der Waals surface area contributed by atoms with E-state index >= 15 is 0 Å². The third kappa shape index (κ3) is 3.34. The standard InChI is InChI=1S/C7H10O3S/c8-11(9,10)6-5-7-3-1-2-4-7/h1-3H,4-6H2,(H,8,9,10). The van der Waals surface area contributed by atoms with Gasteiger partial charge in [0.1, 0.15) is 0 Å². The Bertz CT molecular complexity index is 285. The topological polar surface area (TPSA) is 54.4 Å². The molecule has 1 aliphatic rings. The lowest BCUT2D eigenvalue weighted by atomic mass is 10.2. The maximum atomic E-state index is 10.3. The largest absolute Gasteiger partial charge is 0.286 e. The molecule has 0 atom stereocenters. The van der Waals surface area contributed by atoms with Gasteiger partial charge in [0.2, 0.25) is 0 Å². The van der Waals surface area contributed by atoms with E-state index in [2.05, 4.69) is 0 Å². The van der Waals surface area contributed by atoms with Crippen LogP contribution in [-0.2, 0) is 10.1 Å². The molecular weight excluding hydrogens is 164 g/mol. The van der Waals surface area contributed by atoms with Gasteiger partial charge in [-0.1, -0.05) is 23.8 Å². The molecule has 0 bridgehead atoms. The smallest absolute Gasteiger partial charge is 0.265 e. The first-order valence-corrected chi connectivity index (χ1v) is 4.98. The van der Waals surface area contributed by atoms with E-state index in [-0.39, 0.29) is 5.75 Å². The fourth-order valence-corrected chi connectivity index (χ4v) is 1.46. The quantitative estimate of drug-likeness (QED) is 0.653. The normalized spacial score (nSPS) is 17.0. The molecule has 0 aromatic rings. The Morgan fingerprint density at radius 2 is 2.27 bits per heavy atom. The highest BCUT2D eigenvalue weighted by Crippen LogP contribution is 2.14. The molecule has 0 aromatic carbocycles. The van der Waals surface area contributed by atoms with Crippen LogP contribution >= 0.6 is 0 Å². The van der Waals surface area contributed by atoms with Gasteiger partial charge in [0.25, 0.3) is 10.1 Å². The van der Waals surface area contributed by atoms with Gasteiger partial charge in [-0.3, -0.25) is 4.55 Å². The second kappa shape index (κ2) is 3.19. The van der Waals surface area contributed by atoms with E-state index in [4.69, 9.17) is 4.55 Å². The predicted octanol–water partition coefficient (Wildman–Crippen LogP) is 1.15. The lowest BCUT2D eigenvalue weighted by Gasteiger charge is -1.97. The van der Waals surface area contributed by atoms with Crippen molar-refractivity contribution >= 4 is 10.1 Å². The molecule has 1 rings (SSSR count). The van der Waals surface area contributed by atoms with E-state index in [0.717, 1.165) is 12.0 Å². The molecule has 62 valence electrons. The van der Waals surface area contributed by atoms with Gasteiger partial charge in [-0.25, -0.2) is 0 Å². The van der Waals surface area contributed by atoms with Crippen LogP contribution in [0.1, 0.15) is 12.8 Å². The summed E-state index contributed by atoms with van der Waals surface area (Å²) in [4.78, 5) is 0. The van der Waals surface area contributed by atoms with Gasteiger partial charge < -0.3 is 0 Å². The average molecular weight is 174 g/mol. The summed E-state index contributed by atoms with van der Waals surface area (Å²) in [6, 6.07) is 0. The summed E-state index contributed by atoms with van der Waals surface area (Å²) >= 11 is 0. The van der Waals surface area contributed by atoms with Crippen molar-refractivity contribution in [3.8, 4) is 0 Å². The molecule has 0 saturated carbocycles. The summed E-state index contributed by atoms with van der Waals surface area (Å²) in [7, 11) is -3.78. The van der Waals surface area contributed by atoms with Gasteiger partial charge in [0.15, 0.2) is 0 Å². The number of hydrogen-bond acceptors (Lipinski definition) is 2. The van der Waals surface area contributed by atoms with Gasteiger partial charge >= 0.3 is 0 Å². The highest BCUT2D eigenvalue weighted by atomic mass is 32.2. The fourth-order valence-electron chi connectivity index (χ4n) is 0.937. The summed E-state index contributed by atoms with van der Waals surface area (Å²) < 4.78 is 29.0. The van der Waals surface area contributed by atoms with Crippen molar-refractivity contribution in [3.05, 3.63) is 23.8 Å². The van der Waals surface area contributed by atoms with Crippen LogP contribution in [-0.4, -0.2) is 18.7 Å². The zero-order valence-corrected chi connectivity index (χ0v) is 6.84. The lowest BCUT2D eigenvalue weighted by Crippen LogP contribution is -2.04. The van der Waals surface area contributed by atoms with E-state index in [9.17, 15) is 8.42 Å². The first-order chi connectivity index (χ1) is 5.08. The molecule has 1 N–H and O–H groups in total. The Kier molecular flexibility index (Phi) is 2.46. The molecule has 0 unspecified atom stereocenters. The van der Waals surface area contributed by atoms with Crippen LogP contribution in [0.2, 0.25) is 0 Å². The second-order valence-corrected chi connectivity index (χ2v) is 4.07. The molecule has 0 fully saturated rings. The van der Waals surface area contributed by atoms with Crippen LogP contribution < -0.4 is 0 Å². The molecule has 1 aliphatic carbocycles. The molecule has 4 heteroatoms. The summed E-state index contributed by atoms with van der Waals surface area (Å²) in [6.45, 7) is 0. The molecule has 0 heterocycles. The summed E-state index contributed by atoms with van der Waals surface area (Å²) in [5.74, 6) is -0.166. The monoisotopic (exact) mass is 174 g/mol. The molecule has 0 saturated heterocycles. The SMILES string of the molecule is O=S(=O)(O)CCC1=CC=CC1. The van der Waals surface area contributed by atoms with Crippen LogP contribution in [0.15, 0.2) is 23.8 Å². The van der Waals surface area contributed by atoms with Crippen molar-refractivity contribution in [2.24, 2.45) is 0 Å². The molecule has 0 radical (unpaired) electrons. The minimum atomic E-state index is -3.78. The second-order valence-electron chi connectivity index (χ2n) is 2.49. The number of hydrogen-bond donors (Lipinski definition) is 1. The van der Waals surface area contributed by atoms with Crippen molar-refractivity contribution < 1.29 is 13.0 Å². The molecule has 3 nitrogen and oxygen atoms in total. The molecule has 0 spiro atoms. The highest BCUT2D eigenvalue weighted by Gasteiger charge is 2.06. The molecule has 0 amide bonds. The van der Waals surface area contributed by atoms with Gasteiger partial charge in [-0.05, 0) is 12.8 Å². The van der Waals surface area contributed by atoms with E-state index in [1.807, 2.05) is 18.2 Å². The van der Waals surface area contributed by atoms with E-state index in [1.165, 1.54) is 0 Å². The third-order valence-electron chi connectivity index (χ3n) is 1.53. The van der Waals surface area contributed by atoms with E-state index in [1.54, 1.807) is 0 Å². The lowest BCUT2D eigenvalue weighted by molar-refractivity contribution is 0.482. The Labute approximate surface area is 66.2 Å². The van der Waals surface area contributed by atoms with Gasteiger partial charge in [-0.15, -0.1) is 0 Å². The maximum absolute atomic E-state index is 10.3. The van der Waals surface area contributed by atoms with Gasteiger partial charge in [0, 0.05) is 0 Å². The molecular formula is C7H10O3S. The Morgan fingerprint density at radius 3 is 2.73 bits per heavy atom. The van der Waals surface area contributed by atoms with Gasteiger partial charge in [0.05, 0.1) is 5.75 Å². The predicted molar refractivity (Wildman–Crippen MR) is 42.9 cm³/mol. The van der Waals surface area contributed by atoms with Crippen molar-refractivity contribution in [1.82, 2.24) is 0 Å². The molecule has 0 aliphatic heterocycles. The zero-order valence-electron chi connectivity index (χ0n) is 6.03. The van der Waals surface area contributed by atoms with Gasteiger partial charge in [-0.2, -0.15) is 8.42 Å². The van der Waals surface area contributed by atoms with Crippen molar-refractivity contribution in [1.29, 1.82) is 0 Å². The van der Waals surface area contributed by atoms with Crippen LogP contribution in [0.25, 0.3) is 0 Å². The summed E-state index contributed by atoms with van der Waals surface area (Å²) in [5.41, 5.74) is 1.06. The number of rotatable bonds is 3. The highest BCUT2D eigenvalue weighted by molar-refractivity contribution is 7.85. The fraction of sp³-hybridized carbons (Fsp3) is 0.429.